The smallest absolute Gasteiger partial charge is 0.0410 e. The van der Waals surface area contributed by atoms with Gasteiger partial charge in [-0.3, -0.25) is 0 Å². The first-order valence-electron chi connectivity index (χ1n) is 5.37. The van der Waals surface area contributed by atoms with Crippen molar-refractivity contribution in [2.75, 3.05) is 7.05 Å². The fraction of sp³-hybridized carbons (Fsp3) is 0.385. The summed E-state index contributed by atoms with van der Waals surface area (Å²) in [6.07, 6.45) is 1.95. The van der Waals surface area contributed by atoms with Crippen molar-refractivity contribution >= 4 is 27.5 Å². The molecule has 0 amide bonds. The highest BCUT2D eigenvalue weighted by Gasteiger charge is 2.13. The molecule has 3 heteroatoms. The van der Waals surface area contributed by atoms with Crippen LogP contribution in [-0.2, 0) is 0 Å². The summed E-state index contributed by atoms with van der Waals surface area (Å²) >= 11 is 9.57. The maximum atomic E-state index is 6.02. The molecule has 1 aromatic carbocycles. The van der Waals surface area contributed by atoms with Crippen LogP contribution in [0.3, 0.4) is 0 Å². The summed E-state index contributed by atoms with van der Waals surface area (Å²) < 4.78 is 1.08. The van der Waals surface area contributed by atoms with Gasteiger partial charge < -0.3 is 5.32 Å². The minimum atomic E-state index is 0.264. The molecule has 0 saturated heterocycles. The summed E-state index contributed by atoms with van der Waals surface area (Å²) in [7, 11) is 1.96. The van der Waals surface area contributed by atoms with Gasteiger partial charge in [-0.05, 0) is 43.7 Å². The van der Waals surface area contributed by atoms with Gasteiger partial charge in [0.05, 0.1) is 0 Å². The maximum Gasteiger partial charge on any atom is 0.0410 e. The molecule has 0 aromatic heterocycles. The lowest BCUT2D eigenvalue weighted by Crippen LogP contribution is -2.17. The molecule has 0 aliphatic rings. The minimum absolute atomic E-state index is 0.264. The SMILES string of the molecule is C=C(CC)CC(NC)c1cc(Cl)ccc1Br. The van der Waals surface area contributed by atoms with E-state index in [4.69, 9.17) is 11.6 Å². The molecule has 0 aliphatic heterocycles. The van der Waals surface area contributed by atoms with Crippen LogP contribution in [0.1, 0.15) is 31.4 Å². The lowest BCUT2D eigenvalue weighted by Gasteiger charge is -2.19. The Balaban J connectivity index is 2.94. The second-order valence-electron chi connectivity index (χ2n) is 3.81. The van der Waals surface area contributed by atoms with Gasteiger partial charge in [-0.2, -0.15) is 0 Å². The van der Waals surface area contributed by atoms with E-state index in [9.17, 15) is 0 Å². The van der Waals surface area contributed by atoms with Crippen LogP contribution in [0, 0.1) is 0 Å². The van der Waals surface area contributed by atoms with E-state index in [0.717, 1.165) is 22.3 Å². The van der Waals surface area contributed by atoms with E-state index in [0.29, 0.717) is 0 Å². The van der Waals surface area contributed by atoms with Crippen LogP contribution in [0.4, 0.5) is 0 Å². The first-order valence-corrected chi connectivity index (χ1v) is 6.54. The summed E-state index contributed by atoms with van der Waals surface area (Å²) in [6, 6.07) is 6.13. The Kier molecular flexibility index (Phi) is 5.53. The molecule has 1 unspecified atom stereocenters. The van der Waals surface area contributed by atoms with Crippen molar-refractivity contribution in [1.82, 2.24) is 5.32 Å². The van der Waals surface area contributed by atoms with Crippen molar-refractivity contribution in [3.63, 3.8) is 0 Å². The predicted molar refractivity (Wildman–Crippen MR) is 75.0 cm³/mol. The summed E-state index contributed by atoms with van der Waals surface area (Å²) in [6.45, 7) is 6.18. The third-order valence-electron chi connectivity index (χ3n) is 2.67. The number of hydrogen-bond acceptors (Lipinski definition) is 1. The highest BCUT2D eigenvalue weighted by Crippen LogP contribution is 2.30. The van der Waals surface area contributed by atoms with Gasteiger partial charge in [-0.1, -0.05) is 46.6 Å². The Morgan fingerprint density at radius 3 is 2.81 bits per heavy atom. The molecule has 0 bridgehead atoms. The Labute approximate surface area is 111 Å². The molecule has 88 valence electrons. The Bertz CT molecular complexity index is 376. The van der Waals surface area contributed by atoms with Crippen molar-refractivity contribution < 1.29 is 0 Å². The summed E-state index contributed by atoms with van der Waals surface area (Å²) in [4.78, 5) is 0. The molecule has 0 aliphatic carbocycles. The standard InChI is InChI=1S/C13H17BrClN/c1-4-9(2)7-13(16-3)11-8-10(15)5-6-12(11)14/h5-6,8,13,16H,2,4,7H2,1,3H3. The lowest BCUT2D eigenvalue weighted by molar-refractivity contribution is 0.580. The molecule has 1 rings (SSSR count). The molecule has 0 spiro atoms. The largest absolute Gasteiger partial charge is 0.313 e. The van der Waals surface area contributed by atoms with Crippen LogP contribution in [0.5, 0.6) is 0 Å². The predicted octanol–water partition coefficient (Wildman–Crippen LogP) is 4.72. The number of nitrogens with one attached hydrogen (secondary N) is 1. The Hall–Kier alpha value is -0.310. The maximum absolute atomic E-state index is 6.02. The van der Waals surface area contributed by atoms with Gasteiger partial charge in [-0.25, -0.2) is 0 Å². The van der Waals surface area contributed by atoms with Gasteiger partial charge in [-0.15, -0.1) is 0 Å². The van der Waals surface area contributed by atoms with Crippen molar-refractivity contribution in [1.29, 1.82) is 0 Å². The monoisotopic (exact) mass is 301 g/mol. The average molecular weight is 303 g/mol. The second-order valence-corrected chi connectivity index (χ2v) is 5.11. The molecular weight excluding hydrogens is 286 g/mol. The van der Waals surface area contributed by atoms with E-state index in [1.807, 2.05) is 25.2 Å². The van der Waals surface area contributed by atoms with Crippen LogP contribution >= 0.6 is 27.5 Å². The van der Waals surface area contributed by atoms with Crippen molar-refractivity contribution in [2.24, 2.45) is 0 Å². The van der Waals surface area contributed by atoms with Crippen molar-refractivity contribution in [2.45, 2.75) is 25.8 Å². The zero-order chi connectivity index (χ0) is 12.1. The summed E-state index contributed by atoms with van der Waals surface area (Å²) in [5.41, 5.74) is 2.43. The molecule has 1 nitrogen and oxygen atoms in total. The highest BCUT2D eigenvalue weighted by atomic mass is 79.9. The van der Waals surface area contributed by atoms with E-state index in [2.05, 4.69) is 34.7 Å². The average Bonchev–Trinajstić information content (AvgIpc) is 2.29. The van der Waals surface area contributed by atoms with Gasteiger partial charge in [0.1, 0.15) is 0 Å². The van der Waals surface area contributed by atoms with Gasteiger partial charge in [0.2, 0.25) is 0 Å². The van der Waals surface area contributed by atoms with Crippen LogP contribution in [0.2, 0.25) is 5.02 Å². The van der Waals surface area contributed by atoms with Crippen LogP contribution in [-0.4, -0.2) is 7.05 Å². The van der Waals surface area contributed by atoms with Crippen LogP contribution in [0.15, 0.2) is 34.8 Å². The van der Waals surface area contributed by atoms with E-state index in [-0.39, 0.29) is 6.04 Å². The Morgan fingerprint density at radius 2 is 2.25 bits per heavy atom. The fourth-order valence-electron chi connectivity index (χ4n) is 1.58. The molecule has 0 radical (unpaired) electrons. The van der Waals surface area contributed by atoms with Gasteiger partial charge in [0, 0.05) is 15.5 Å². The Morgan fingerprint density at radius 1 is 1.56 bits per heavy atom. The first kappa shape index (κ1) is 13.8. The zero-order valence-electron chi connectivity index (χ0n) is 9.69. The third-order valence-corrected chi connectivity index (χ3v) is 3.63. The number of halogens is 2. The summed E-state index contributed by atoms with van der Waals surface area (Å²) in [5.74, 6) is 0. The van der Waals surface area contributed by atoms with Gasteiger partial charge in [0.15, 0.2) is 0 Å². The molecule has 0 saturated carbocycles. The van der Waals surface area contributed by atoms with Crippen LogP contribution < -0.4 is 5.32 Å². The third kappa shape index (κ3) is 3.62. The van der Waals surface area contributed by atoms with E-state index >= 15 is 0 Å². The summed E-state index contributed by atoms with van der Waals surface area (Å²) in [5, 5.41) is 4.07. The molecule has 0 heterocycles. The van der Waals surface area contributed by atoms with Gasteiger partial charge in [0.25, 0.3) is 0 Å². The highest BCUT2D eigenvalue weighted by molar-refractivity contribution is 9.10. The normalized spacial score (nSPS) is 12.5. The van der Waals surface area contributed by atoms with E-state index in [1.165, 1.54) is 11.1 Å². The minimum Gasteiger partial charge on any atom is -0.313 e. The molecule has 16 heavy (non-hydrogen) atoms. The zero-order valence-corrected chi connectivity index (χ0v) is 12.0. The second kappa shape index (κ2) is 6.43. The molecule has 1 atom stereocenters. The quantitative estimate of drug-likeness (QED) is 0.776. The van der Waals surface area contributed by atoms with Crippen molar-refractivity contribution in [3.05, 3.63) is 45.4 Å². The fourth-order valence-corrected chi connectivity index (χ4v) is 2.29. The lowest BCUT2D eigenvalue weighted by atomic mass is 9.99. The molecule has 0 fully saturated rings. The first-order chi connectivity index (χ1) is 7.58. The van der Waals surface area contributed by atoms with Crippen molar-refractivity contribution in [3.8, 4) is 0 Å². The molecule has 1 N–H and O–H groups in total. The number of rotatable bonds is 5. The van der Waals surface area contributed by atoms with Gasteiger partial charge >= 0.3 is 0 Å². The number of hydrogen-bond donors (Lipinski definition) is 1. The van der Waals surface area contributed by atoms with E-state index < -0.39 is 0 Å². The molecule has 1 aromatic rings. The number of benzene rings is 1. The van der Waals surface area contributed by atoms with E-state index in [1.54, 1.807) is 0 Å². The molecular formula is C13H17BrClN. The topological polar surface area (TPSA) is 12.0 Å². The van der Waals surface area contributed by atoms with Crippen LogP contribution in [0.25, 0.3) is 0 Å².